The van der Waals surface area contributed by atoms with E-state index in [4.69, 9.17) is 21.1 Å². The second-order valence-corrected chi connectivity index (χ2v) is 9.05. The van der Waals surface area contributed by atoms with Crippen LogP contribution in [0.1, 0.15) is 11.1 Å². The zero-order chi connectivity index (χ0) is 27.4. The maximum Gasteiger partial charge on any atom is 0.343 e. The summed E-state index contributed by atoms with van der Waals surface area (Å²) in [5.74, 6) is -0.533. The van der Waals surface area contributed by atoms with Crippen LogP contribution in [0.15, 0.2) is 109 Å². The lowest BCUT2D eigenvalue weighted by Gasteiger charge is -2.34. The molecule has 1 saturated heterocycles. The van der Waals surface area contributed by atoms with Crippen molar-refractivity contribution >= 4 is 46.9 Å². The van der Waals surface area contributed by atoms with Gasteiger partial charge >= 0.3 is 6.03 Å². The predicted octanol–water partition coefficient (Wildman–Crippen LogP) is 6.51. The number of benzene rings is 4. The van der Waals surface area contributed by atoms with Crippen molar-refractivity contribution in [3.05, 3.63) is 125 Å². The number of hydrogen-bond donors (Lipinski definition) is 0. The number of rotatable bonds is 7. The number of nitrogens with zero attached hydrogens (tertiary/aromatic N) is 2. The molecule has 0 unspecified atom stereocenters. The van der Waals surface area contributed by atoms with Gasteiger partial charge in [0.15, 0.2) is 0 Å². The van der Waals surface area contributed by atoms with Gasteiger partial charge in [0, 0.05) is 16.7 Å². The molecule has 0 saturated carbocycles. The number of halogens is 1. The minimum atomic E-state index is -0.756. The average molecular weight is 539 g/mol. The summed E-state index contributed by atoms with van der Waals surface area (Å²) >= 11 is 5.99. The first-order valence-corrected chi connectivity index (χ1v) is 12.4. The highest BCUT2D eigenvalue weighted by molar-refractivity contribution is 6.46. The van der Waals surface area contributed by atoms with E-state index in [0.717, 1.165) is 15.4 Å². The van der Waals surface area contributed by atoms with Gasteiger partial charge in [0.25, 0.3) is 11.8 Å². The fourth-order valence-electron chi connectivity index (χ4n) is 4.12. The molecule has 194 valence electrons. The minimum Gasteiger partial charge on any atom is -0.497 e. The van der Waals surface area contributed by atoms with Crippen molar-refractivity contribution in [1.82, 2.24) is 0 Å². The Morgan fingerprint density at radius 3 is 1.85 bits per heavy atom. The number of imide groups is 2. The normalized spacial score (nSPS) is 13.5. The Hall–Kier alpha value is -4.88. The van der Waals surface area contributed by atoms with Crippen LogP contribution in [0.3, 0.4) is 0 Å². The summed E-state index contributed by atoms with van der Waals surface area (Å²) < 4.78 is 11.4. The molecule has 0 aliphatic carbocycles. The smallest absolute Gasteiger partial charge is 0.343 e. The van der Waals surface area contributed by atoms with Crippen LogP contribution >= 0.6 is 11.6 Å². The molecule has 8 heteroatoms. The molecule has 39 heavy (non-hydrogen) atoms. The number of hydrogen-bond acceptors (Lipinski definition) is 5. The second kappa shape index (κ2) is 11.2. The topological polar surface area (TPSA) is 76.2 Å². The molecule has 0 N–H and O–H groups in total. The number of carbonyl (C=O) groups is 3. The summed E-state index contributed by atoms with van der Waals surface area (Å²) in [7, 11) is 1.53. The van der Waals surface area contributed by atoms with Crippen LogP contribution in [0.5, 0.6) is 11.5 Å². The van der Waals surface area contributed by atoms with E-state index in [1.807, 2.05) is 12.1 Å². The van der Waals surface area contributed by atoms with Gasteiger partial charge in [0.05, 0.1) is 18.5 Å². The van der Waals surface area contributed by atoms with Crippen LogP contribution < -0.4 is 19.3 Å². The lowest BCUT2D eigenvalue weighted by Crippen LogP contribution is -2.57. The van der Waals surface area contributed by atoms with Gasteiger partial charge < -0.3 is 9.47 Å². The molecule has 0 atom stereocenters. The van der Waals surface area contributed by atoms with Crippen LogP contribution in [-0.4, -0.2) is 25.0 Å². The number of ether oxygens (including phenoxy) is 2. The molecule has 1 fully saturated rings. The summed E-state index contributed by atoms with van der Waals surface area (Å²) in [5, 5.41) is 0.611. The molecule has 1 heterocycles. The van der Waals surface area contributed by atoms with Gasteiger partial charge in [0.1, 0.15) is 23.7 Å². The Balaban J connectivity index is 1.58. The number of amides is 4. The summed E-state index contributed by atoms with van der Waals surface area (Å²) in [5.41, 5.74) is 1.85. The zero-order valence-electron chi connectivity index (χ0n) is 20.9. The molecule has 4 aromatic carbocycles. The number of anilines is 2. The zero-order valence-corrected chi connectivity index (χ0v) is 21.7. The summed E-state index contributed by atoms with van der Waals surface area (Å²) in [6.45, 7) is 0.215. The van der Waals surface area contributed by atoms with Crippen LogP contribution in [-0.2, 0) is 16.2 Å². The Morgan fingerprint density at radius 2 is 1.31 bits per heavy atom. The van der Waals surface area contributed by atoms with Crippen molar-refractivity contribution in [3.8, 4) is 11.5 Å². The SMILES string of the molecule is COc1ccc(C=C2C(=O)N(c3ccccc3)C(=O)N(c3ccccc3)C2=O)c(OCc2ccc(Cl)cc2)c1. The number of para-hydroxylation sites is 2. The second-order valence-electron chi connectivity index (χ2n) is 8.61. The molecule has 1 aliphatic rings. The third-order valence-electron chi connectivity index (χ3n) is 6.11. The first-order valence-electron chi connectivity index (χ1n) is 12.1. The molecule has 1 aliphatic heterocycles. The van der Waals surface area contributed by atoms with Crippen molar-refractivity contribution in [2.24, 2.45) is 0 Å². The Morgan fingerprint density at radius 1 is 0.744 bits per heavy atom. The molecule has 0 aromatic heterocycles. The van der Waals surface area contributed by atoms with E-state index in [-0.39, 0.29) is 12.2 Å². The first kappa shape index (κ1) is 25.8. The van der Waals surface area contributed by atoms with Crippen molar-refractivity contribution in [3.63, 3.8) is 0 Å². The van der Waals surface area contributed by atoms with Crippen molar-refractivity contribution in [2.45, 2.75) is 6.61 Å². The van der Waals surface area contributed by atoms with Crippen LogP contribution in [0.4, 0.5) is 16.2 Å². The van der Waals surface area contributed by atoms with Gasteiger partial charge in [0.2, 0.25) is 0 Å². The van der Waals surface area contributed by atoms with Crippen molar-refractivity contribution in [2.75, 3.05) is 16.9 Å². The fourth-order valence-corrected chi connectivity index (χ4v) is 4.25. The van der Waals surface area contributed by atoms with E-state index in [9.17, 15) is 14.4 Å². The van der Waals surface area contributed by atoms with E-state index in [2.05, 4.69) is 0 Å². The fraction of sp³-hybridized carbons (Fsp3) is 0.0645. The molecular weight excluding hydrogens is 516 g/mol. The molecule has 0 bridgehead atoms. The Bertz CT molecular complexity index is 1490. The largest absolute Gasteiger partial charge is 0.497 e. The predicted molar refractivity (Wildman–Crippen MR) is 150 cm³/mol. The van der Waals surface area contributed by atoms with Gasteiger partial charge in [-0.05, 0) is 60.2 Å². The van der Waals surface area contributed by atoms with Crippen molar-refractivity contribution < 1.29 is 23.9 Å². The maximum atomic E-state index is 13.7. The van der Waals surface area contributed by atoms with E-state index in [1.165, 1.54) is 13.2 Å². The molecule has 0 radical (unpaired) electrons. The van der Waals surface area contributed by atoms with Crippen LogP contribution in [0.2, 0.25) is 5.02 Å². The number of methoxy groups -OCH3 is 1. The minimum absolute atomic E-state index is 0.191. The van der Waals surface area contributed by atoms with E-state index in [1.54, 1.807) is 91.0 Å². The van der Waals surface area contributed by atoms with Crippen LogP contribution in [0, 0.1) is 0 Å². The van der Waals surface area contributed by atoms with Gasteiger partial charge in [-0.25, -0.2) is 14.6 Å². The van der Waals surface area contributed by atoms with E-state index in [0.29, 0.717) is 33.5 Å². The molecule has 5 rings (SSSR count). The third kappa shape index (κ3) is 5.39. The lowest BCUT2D eigenvalue weighted by atomic mass is 10.0. The number of carbonyl (C=O) groups excluding carboxylic acids is 3. The highest BCUT2D eigenvalue weighted by Crippen LogP contribution is 2.32. The first-order chi connectivity index (χ1) is 19.0. The summed E-state index contributed by atoms with van der Waals surface area (Å²) in [6.07, 6.45) is 1.44. The van der Waals surface area contributed by atoms with Gasteiger partial charge in [-0.1, -0.05) is 60.1 Å². The Labute approximate surface area is 230 Å². The molecular formula is C31H23ClN2O5. The molecule has 0 spiro atoms. The van der Waals surface area contributed by atoms with Crippen LogP contribution in [0.25, 0.3) is 6.08 Å². The summed E-state index contributed by atoms with van der Waals surface area (Å²) in [6, 6.07) is 28.5. The van der Waals surface area contributed by atoms with Gasteiger partial charge in [-0.2, -0.15) is 0 Å². The monoisotopic (exact) mass is 538 g/mol. The molecule has 4 aromatic rings. The lowest BCUT2D eigenvalue weighted by molar-refractivity contribution is -0.121. The average Bonchev–Trinajstić information content (AvgIpc) is 2.96. The molecule has 4 amide bonds. The highest BCUT2D eigenvalue weighted by Gasteiger charge is 2.43. The quantitative estimate of drug-likeness (QED) is 0.198. The number of urea groups is 1. The number of barbiturate groups is 1. The van der Waals surface area contributed by atoms with Gasteiger partial charge in [-0.3, -0.25) is 9.59 Å². The Kier molecular flexibility index (Phi) is 7.43. The third-order valence-corrected chi connectivity index (χ3v) is 6.36. The van der Waals surface area contributed by atoms with Crippen molar-refractivity contribution in [1.29, 1.82) is 0 Å². The molecule has 7 nitrogen and oxygen atoms in total. The van der Waals surface area contributed by atoms with Gasteiger partial charge in [-0.15, -0.1) is 0 Å². The van der Waals surface area contributed by atoms with E-state index < -0.39 is 17.8 Å². The highest BCUT2D eigenvalue weighted by atomic mass is 35.5. The maximum absolute atomic E-state index is 13.7. The van der Waals surface area contributed by atoms with E-state index >= 15 is 0 Å². The standard InChI is InChI=1S/C31H23ClN2O5/c1-38-26-17-14-22(28(19-26)39-20-21-12-15-23(32)16-13-21)18-27-29(35)33(24-8-4-2-5-9-24)31(37)34(30(27)36)25-10-6-3-7-11-25/h2-19H,20H2,1H3. The summed E-state index contributed by atoms with van der Waals surface area (Å²) in [4.78, 5) is 42.9.